The molecule has 0 saturated heterocycles. The number of hydrogen-bond donors (Lipinski definition) is 0. The zero-order chi connectivity index (χ0) is 21.6. The summed E-state index contributed by atoms with van der Waals surface area (Å²) >= 11 is 6.99. The molecule has 0 aromatic heterocycles. The maximum absolute atomic E-state index is 6.99. The van der Waals surface area contributed by atoms with Crippen molar-refractivity contribution >= 4 is 39.7 Å². The van der Waals surface area contributed by atoms with Gasteiger partial charge in [-0.05, 0) is 40.4 Å². The predicted octanol–water partition coefficient (Wildman–Crippen LogP) is 7.01. The second-order valence-corrected chi connectivity index (χ2v) is 17.7. The van der Waals surface area contributed by atoms with Crippen LogP contribution in [0.4, 0.5) is 0 Å². The van der Waals surface area contributed by atoms with Gasteiger partial charge >= 0.3 is 0 Å². The lowest BCUT2D eigenvalue weighted by Gasteiger charge is -2.38. The third-order valence-corrected chi connectivity index (χ3v) is 16.0. The van der Waals surface area contributed by atoms with Gasteiger partial charge in [0.25, 0.3) is 0 Å². The van der Waals surface area contributed by atoms with Crippen molar-refractivity contribution in [1.82, 2.24) is 0 Å². The smallest absolute Gasteiger partial charge is 0.137 e. The van der Waals surface area contributed by atoms with Crippen LogP contribution in [0.25, 0.3) is 6.08 Å². The molecule has 2 aromatic rings. The van der Waals surface area contributed by atoms with Crippen molar-refractivity contribution in [2.75, 3.05) is 0 Å². The molecular weight excluding hydrogens is 404 g/mol. The topological polar surface area (TPSA) is 0 Å². The van der Waals surface area contributed by atoms with Gasteiger partial charge in [0.1, 0.15) is 8.07 Å². The fourth-order valence-corrected chi connectivity index (χ4v) is 13.5. The largest absolute Gasteiger partial charge is 0.196 e. The molecule has 0 aliphatic carbocycles. The minimum Gasteiger partial charge on any atom is -0.137 e. The molecule has 0 saturated carbocycles. The van der Waals surface area contributed by atoms with Crippen LogP contribution in [0.1, 0.15) is 52.7 Å². The number of halogens is 1. The molecule has 0 heterocycles. The van der Waals surface area contributed by atoms with Crippen LogP contribution in [-0.4, -0.2) is 16.9 Å². The van der Waals surface area contributed by atoms with Gasteiger partial charge in [0, 0.05) is 4.66 Å². The average Bonchev–Trinajstić information content (AvgIpc) is 2.66. The first-order valence-electron chi connectivity index (χ1n) is 10.7. The predicted molar refractivity (Wildman–Crippen MR) is 137 cm³/mol. The lowest BCUT2D eigenvalue weighted by atomic mass is 10.2. The van der Waals surface area contributed by atoms with E-state index in [1.807, 2.05) is 6.07 Å². The van der Waals surface area contributed by atoms with Gasteiger partial charge in [0.15, 0.2) is 8.80 Å². The molecule has 1 atom stereocenters. The van der Waals surface area contributed by atoms with Crippen molar-refractivity contribution in [3.8, 4) is 11.1 Å². The van der Waals surface area contributed by atoms with Crippen molar-refractivity contribution < 1.29 is 0 Å². The summed E-state index contributed by atoms with van der Waals surface area (Å²) in [6.45, 7) is 16.4. The van der Waals surface area contributed by atoms with Gasteiger partial charge in [0.05, 0.1) is 0 Å². The van der Waals surface area contributed by atoms with Crippen LogP contribution in [0.3, 0.4) is 0 Å². The number of benzene rings is 2. The van der Waals surface area contributed by atoms with Gasteiger partial charge in [0.2, 0.25) is 0 Å². The second kappa shape index (κ2) is 10.5. The molecule has 0 fully saturated rings. The highest BCUT2D eigenvalue weighted by atomic mass is 35.5. The van der Waals surface area contributed by atoms with E-state index in [0.29, 0.717) is 16.6 Å². The Morgan fingerprint density at radius 2 is 1.38 bits per heavy atom. The van der Waals surface area contributed by atoms with Gasteiger partial charge in [-0.15, -0.1) is 11.1 Å². The molecule has 2 rings (SSSR count). The normalized spacial score (nSPS) is 13.6. The molecule has 3 heteroatoms. The molecule has 0 radical (unpaired) electrons. The van der Waals surface area contributed by atoms with E-state index in [4.69, 9.17) is 11.6 Å². The third kappa shape index (κ3) is 5.54. The standard InChI is InChI=1S/C26H35ClSi2/c1-20(2)29(21(3)4,22(5)6)18-17-28(25-16-12-11-13-23(25)7)26(27)19-24-14-9-8-10-15-24/h8-16,19-22,28H,1-7H3. The van der Waals surface area contributed by atoms with Crippen LogP contribution in [0, 0.1) is 18.0 Å². The Morgan fingerprint density at radius 3 is 1.90 bits per heavy atom. The van der Waals surface area contributed by atoms with Gasteiger partial charge in [-0.3, -0.25) is 0 Å². The van der Waals surface area contributed by atoms with E-state index in [-0.39, 0.29) is 0 Å². The molecule has 0 aliphatic heterocycles. The molecule has 0 nitrogen and oxygen atoms in total. The van der Waals surface area contributed by atoms with Crippen LogP contribution >= 0.6 is 11.6 Å². The summed E-state index contributed by atoms with van der Waals surface area (Å²) < 4.78 is 0.928. The summed E-state index contributed by atoms with van der Waals surface area (Å²) in [6, 6.07) is 19.0. The SMILES string of the molecule is Cc1ccccc1[SiH](C#C[Si](C(C)C)(C(C)C)C(C)C)C(Cl)=Cc1ccccc1. The van der Waals surface area contributed by atoms with E-state index in [1.165, 1.54) is 10.8 Å². The Balaban J connectivity index is 2.63. The van der Waals surface area contributed by atoms with Gasteiger partial charge in [-0.2, -0.15) is 0 Å². The molecule has 1 unspecified atom stereocenters. The minimum atomic E-state index is -1.82. The summed E-state index contributed by atoms with van der Waals surface area (Å²) in [4.78, 5) is 0. The molecule has 0 N–H and O–H groups in total. The lowest BCUT2D eigenvalue weighted by Crippen LogP contribution is -2.44. The van der Waals surface area contributed by atoms with E-state index in [9.17, 15) is 0 Å². The molecule has 29 heavy (non-hydrogen) atoms. The molecular formula is C26H35ClSi2. The summed E-state index contributed by atoms with van der Waals surface area (Å²) in [7, 11) is -3.61. The molecule has 0 aliphatic rings. The molecule has 154 valence electrons. The van der Waals surface area contributed by atoms with E-state index in [2.05, 4.69) is 114 Å². The summed E-state index contributed by atoms with van der Waals surface area (Å²) in [5, 5.41) is 1.34. The molecule has 0 amide bonds. The zero-order valence-corrected chi connectivity index (χ0v) is 21.9. The maximum atomic E-state index is 6.99. The van der Waals surface area contributed by atoms with Crippen LogP contribution in [0.5, 0.6) is 0 Å². The summed E-state index contributed by atoms with van der Waals surface area (Å²) in [5.74, 6) is 0. The lowest BCUT2D eigenvalue weighted by molar-refractivity contribution is 0.838. The molecule has 0 bridgehead atoms. The van der Waals surface area contributed by atoms with Gasteiger partial charge in [-0.1, -0.05) is 113 Å². The van der Waals surface area contributed by atoms with E-state index in [1.54, 1.807) is 0 Å². The average molecular weight is 439 g/mol. The minimum absolute atomic E-state index is 0.624. The van der Waals surface area contributed by atoms with E-state index >= 15 is 0 Å². The monoisotopic (exact) mass is 438 g/mol. The fourth-order valence-electron chi connectivity index (χ4n) is 4.63. The van der Waals surface area contributed by atoms with Crippen molar-refractivity contribution in [2.45, 2.75) is 65.1 Å². The summed E-state index contributed by atoms with van der Waals surface area (Å²) in [6.07, 6.45) is 2.13. The number of aryl methyl sites for hydroxylation is 1. The molecule has 0 spiro atoms. The Kier molecular flexibility index (Phi) is 8.58. The first-order chi connectivity index (χ1) is 13.7. The number of rotatable bonds is 6. The Morgan fingerprint density at radius 1 is 0.862 bits per heavy atom. The Bertz CT molecular complexity index is 864. The highest BCUT2D eigenvalue weighted by molar-refractivity contribution is 6.97. The zero-order valence-electron chi connectivity index (χ0n) is 19.0. The molecule has 2 aromatic carbocycles. The maximum Gasteiger partial charge on any atom is 0.196 e. The van der Waals surface area contributed by atoms with Crippen LogP contribution < -0.4 is 5.19 Å². The highest BCUT2D eigenvalue weighted by Crippen LogP contribution is 2.40. The van der Waals surface area contributed by atoms with E-state index in [0.717, 1.165) is 10.2 Å². The third-order valence-electron chi connectivity index (χ3n) is 6.18. The number of hydrogen-bond acceptors (Lipinski definition) is 0. The van der Waals surface area contributed by atoms with Gasteiger partial charge in [-0.25, -0.2) is 0 Å². The highest BCUT2D eigenvalue weighted by Gasteiger charge is 2.41. The van der Waals surface area contributed by atoms with Crippen molar-refractivity contribution in [2.24, 2.45) is 0 Å². The van der Waals surface area contributed by atoms with Crippen LogP contribution in [0.2, 0.25) is 16.6 Å². The Labute approximate surface area is 186 Å². The van der Waals surface area contributed by atoms with Crippen LogP contribution in [-0.2, 0) is 0 Å². The Hall–Kier alpha value is -1.54. The van der Waals surface area contributed by atoms with Crippen molar-refractivity contribution in [1.29, 1.82) is 0 Å². The van der Waals surface area contributed by atoms with Crippen molar-refractivity contribution in [3.05, 3.63) is 70.4 Å². The van der Waals surface area contributed by atoms with Crippen LogP contribution in [0.15, 0.2) is 59.3 Å². The van der Waals surface area contributed by atoms with Crippen molar-refractivity contribution in [3.63, 3.8) is 0 Å². The second-order valence-electron chi connectivity index (χ2n) is 8.90. The van der Waals surface area contributed by atoms with E-state index < -0.39 is 16.9 Å². The summed E-state index contributed by atoms with van der Waals surface area (Å²) in [5.41, 5.74) is 12.1. The van der Waals surface area contributed by atoms with Gasteiger partial charge < -0.3 is 0 Å². The first-order valence-corrected chi connectivity index (χ1v) is 15.0. The first kappa shape index (κ1) is 23.7. The quantitative estimate of drug-likeness (QED) is 0.336. The fraction of sp³-hybridized carbons (Fsp3) is 0.385.